The molecule has 0 aliphatic carbocycles. The van der Waals surface area contributed by atoms with Crippen LogP contribution >= 0.6 is 0 Å². The summed E-state index contributed by atoms with van der Waals surface area (Å²) >= 11 is 0. The fourth-order valence-corrected chi connectivity index (χ4v) is 3.19. The molecule has 0 bridgehead atoms. The number of nitrogens with one attached hydrogen (secondary N) is 1. The van der Waals surface area contributed by atoms with E-state index < -0.39 is 0 Å². The summed E-state index contributed by atoms with van der Waals surface area (Å²) in [6, 6.07) is 13.9. The third-order valence-corrected chi connectivity index (χ3v) is 4.34. The maximum atomic E-state index is 9.95. The molecule has 0 amide bonds. The van der Waals surface area contributed by atoms with E-state index in [1.54, 1.807) is 16.9 Å². The highest BCUT2D eigenvalue weighted by molar-refractivity contribution is 5.97. The van der Waals surface area contributed by atoms with Crippen LogP contribution in [0, 0.1) is 11.3 Å². The number of hydrogen-bond acceptors (Lipinski definition) is 5. The van der Waals surface area contributed by atoms with Crippen LogP contribution in [0.2, 0.25) is 0 Å². The van der Waals surface area contributed by atoms with E-state index in [1.807, 2.05) is 42.6 Å². The normalized spacial score (nSPS) is 11.0. The number of aromatic nitrogens is 6. The zero-order valence-corrected chi connectivity index (χ0v) is 13.5. The summed E-state index contributed by atoms with van der Waals surface area (Å²) in [5.74, 6) is 0.441. The van der Waals surface area contributed by atoms with E-state index in [-0.39, 0.29) is 0 Å². The number of fused-ring (bicyclic) bond motifs is 2. The first-order valence-corrected chi connectivity index (χ1v) is 7.97. The molecule has 7 nitrogen and oxygen atoms in total. The van der Waals surface area contributed by atoms with Gasteiger partial charge in [0.05, 0.1) is 11.4 Å². The first-order valence-electron chi connectivity index (χ1n) is 7.97. The molecule has 0 atom stereocenters. The molecule has 0 radical (unpaired) electrons. The van der Waals surface area contributed by atoms with Gasteiger partial charge in [0.1, 0.15) is 18.0 Å². The van der Waals surface area contributed by atoms with Gasteiger partial charge in [0, 0.05) is 40.6 Å². The van der Waals surface area contributed by atoms with Crippen LogP contribution in [0.25, 0.3) is 39.2 Å². The van der Waals surface area contributed by atoms with Gasteiger partial charge in [-0.2, -0.15) is 19.9 Å². The van der Waals surface area contributed by atoms with Gasteiger partial charge in [-0.05, 0) is 18.2 Å². The lowest BCUT2D eigenvalue weighted by Gasteiger charge is -2.10. The standard InChI is InChI=1S/C19H11N7/c20-9-14-17(15-10-22-16-4-2-1-3-13(15)16)25-19-23-11-24-26(19)18(14)12-5-7-21-8-6-12/h1-8,10-11,22H. The Labute approximate surface area is 147 Å². The molecule has 0 saturated heterocycles. The predicted octanol–water partition coefficient (Wildman–Crippen LogP) is 3.21. The van der Waals surface area contributed by atoms with Gasteiger partial charge >= 0.3 is 0 Å². The molecule has 4 heterocycles. The average molecular weight is 337 g/mol. The van der Waals surface area contributed by atoms with Crippen molar-refractivity contribution in [1.82, 2.24) is 29.5 Å². The maximum absolute atomic E-state index is 9.95. The molecular weight excluding hydrogens is 326 g/mol. The lowest BCUT2D eigenvalue weighted by molar-refractivity contribution is 0.944. The lowest BCUT2D eigenvalue weighted by atomic mass is 10.0. The summed E-state index contributed by atoms with van der Waals surface area (Å²) in [5, 5.41) is 15.2. The van der Waals surface area contributed by atoms with Crippen molar-refractivity contribution in [2.24, 2.45) is 0 Å². The Hall–Kier alpha value is -4.05. The highest BCUT2D eigenvalue weighted by Crippen LogP contribution is 2.34. The Morgan fingerprint density at radius 2 is 1.92 bits per heavy atom. The topological polar surface area (TPSA) is 95.5 Å². The van der Waals surface area contributed by atoms with Gasteiger partial charge in [0.25, 0.3) is 5.78 Å². The summed E-state index contributed by atoms with van der Waals surface area (Å²) in [6.07, 6.45) is 6.68. The van der Waals surface area contributed by atoms with Gasteiger partial charge in [0.15, 0.2) is 0 Å². The molecular formula is C19H11N7. The minimum absolute atomic E-state index is 0.441. The van der Waals surface area contributed by atoms with Crippen molar-refractivity contribution in [3.63, 3.8) is 0 Å². The highest BCUT2D eigenvalue weighted by atomic mass is 15.3. The average Bonchev–Trinajstić information content (AvgIpc) is 3.33. The molecule has 1 N–H and O–H groups in total. The number of H-pyrrole nitrogens is 1. The van der Waals surface area contributed by atoms with E-state index >= 15 is 0 Å². The van der Waals surface area contributed by atoms with Crippen LogP contribution in [0.1, 0.15) is 5.56 Å². The zero-order valence-electron chi connectivity index (χ0n) is 13.5. The second-order valence-corrected chi connectivity index (χ2v) is 5.75. The van der Waals surface area contributed by atoms with Crippen molar-refractivity contribution in [2.75, 3.05) is 0 Å². The van der Waals surface area contributed by atoms with Gasteiger partial charge in [-0.1, -0.05) is 18.2 Å². The first kappa shape index (κ1) is 14.3. The second-order valence-electron chi connectivity index (χ2n) is 5.75. The fourth-order valence-electron chi connectivity index (χ4n) is 3.19. The van der Waals surface area contributed by atoms with Crippen molar-refractivity contribution >= 4 is 16.7 Å². The monoisotopic (exact) mass is 337 g/mol. The van der Waals surface area contributed by atoms with Crippen LogP contribution in [0.15, 0.2) is 61.3 Å². The van der Waals surface area contributed by atoms with Crippen LogP contribution in [-0.4, -0.2) is 29.5 Å². The van der Waals surface area contributed by atoms with E-state index in [0.717, 1.165) is 22.0 Å². The minimum atomic E-state index is 0.441. The molecule has 4 aromatic heterocycles. The van der Waals surface area contributed by atoms with Crippen LogP contribution in [0.5, 0.6) is 0 Å². The lowest BCUT2D eigenvalue weighted by Crippen LogP contribution is -2.03. The Morgan fingerprint density at radius 3 is 2.77 bits per heavy atom. The SMILES string of the molecule is N#Cc1c(-c2c[nH]c3ccccc23)nc2ncnn2c1-c1ccncc1. The molecule has 5 rings (SSSR count). The van der Waals surface area contributed by atoms with Crippen LogP contribution in [0.3, 0.4) is 0 Å². The van der Waals surface area contributed by atoms with Crippen LogP contribution in [0.4, 0.5) is 0 Å². The molecule has 26 heavy (non-hydrogen) atoms. The van der Waals surface area contributed by atoms with Crippen molar-refractivity contribution in [2.45, 2.75) is 0 Å². The number of hydrogen-bond donors (Lipinski definition) is 1. The number of para-hydroxylation sites is 1. The van der Waals surface area contributed by atoms with E-state index in [1.165, 1.54) is 6.33 Å². The smallest absolute Gasteiger partial charge is 0.253 e. The number of benzene rings is 1. The largest absolute Gasteiger partial charge is 0.360 e. The summed E-state index contributed by atoms with van der Waals surface area (Å²) in [4.78, 5) is 16.1. The maximum Gasteiger partial charge on any atom is 0.253 e. The molecule has 0 aliphatic heterocycles. The molecule has 0 fully saturated rings. The van der Waals surface area contributed by atoms with Crippen molar-refractivity contribution in [1.29, 1.82) is 5.26 Å². The van der Waals surface area contributed by atoms with E-state index in [0.29, 0.717) is 22.7 Å². The van der Waals surface area contributed by atoms with Gasteiger partial charge < -0.3 is 4.98 Å². The summed E-state index contributed by atoms with van der Waals surface area (Å²) in [6.45, 7) is 0. The second kappa shape index (κ2) is 5.50. The predicted molar refractivity (Wildman–Crippen MR) is 96.0 cm³/mol. The molecule has 0 unspecified atom stereocenters. The van der Waals surface area contributed by atoms with Crippen molar-refractivity contribution in [3.05, 3.63) is 66.9 Å². The van der Waals surface area contributed by atoms with E-state index in [9.17, 15) is 5.26 Å². The molecule has 122 valence electrons. The highest BCUT2D eigenvalue weighted by Gasteiger charge is 2.21. The van der Waals surface area contributed by atoms with Crippen LogP contribution < -0.4 is 0 Å². The van der Waals surface area contributed by atoms with E-state index in [4.69, 9.17) is 0 Å². The summed E-state index contributed by atoms with van der Waals surface area (Å²) in [7, 11) is 0. The van der Waals surface area contributed by atoms with Gasteiger partial charge in [-0.3, -0.25) is 4.98 Å². The molecule has 7 heteroatoms. The van der Waals surface area contributed by atoms with Gasteiger partial charge in [-0.15, -0.1) is 0 Å². The van der Waals surface area contributed by atoms with Gasteiger partial charge in [-0.25, -0.2) is 4.98 Å². The first-order chi connectivity index (χ1) is 12.9. The number of nitrogens with zero attached hydrogens (tertiary/aromatic N) is 6. The molecule has 1 aromatic carbocycles. The van der Waals surface area contributed by atoms with E-state index in [2.05, 4.69) is 31.1 Å². The van der Waals surface area contributed by atoms with Gasteiger partial charge in [0.2, 0.25) is 0 Å². The minimum Gasteiger partial charge on any atom is -0.360 e. The quantitative estimate of drug-likeness (QED) is 0.533. The Morgan fingerprint density at radius 1 is 1.08 bits per heavy atom. The summed E-state index contributed by atoms with van der Waals surface area (Å²) < 4.78 is 1.59. The van der Waals surface area contributed by atoms with Crippen LogP contribution in [-0.2, 0) is 0 Å². The molecule has 0 spiro atoms. The third-order valence-electron chi connectivity index (χ3n) is 4.34. The zero-order chi connectivity index (χ0) is 17.5. The fraction of sp³-hybridized carbons (Fsp3) is 0. The Balaban J connectivity index is 1.92. The number of aromatic amines is 1. The molecule has 0 aliphatic rings. The number of rotatable bonds is 2. The number of nitriles is 1. The Kier molecular flexibility index (Phi) is 3.02. The summed E-state index contributed by atoms with van der Waals surface area (Å²) in [5.41, 5.74) is 4.35. The molecule has 0 saturated carbocycles. The van der Waals surface area contributed by atoms with Crippen molar-refractivity contribution < 1.29 is 0 Å². The molecule has 5 aromatic rings. The van der Waals surface area contributed by atoms with Crippen molar-refractivity contribution in [3.8, 4) is 28.6 Å². The number of pyridine rings is 1. The third kappa shape index (κ3) is 1.99. The Bertz CT molecular complexity index is 1290.